The Morgan fingerprint density at radius 2 is 1.88 bits per heavy atom. The van der Waals surface area contributed by atoms with Gasteiger partial charge in [0, 0.05) is 15.8 Å². The molecule has 1 aromatic carbocycles. The first-order chi connectivity index (χ1) is 7.99. The van der Waals surface area contributed by atoms with Crippen LogP contribution in [0.25, 0.3) is 10.4 Å². The van der Waals surface area contributed by atoms with E-state index < -0.39 is 0 Å². The molecule has 1 nitrogen and oxygen atoms in total. The van der Waals surface area contributed by atoms with Crippen molar-refractivity contribution in [3.05, 3.63) is 46.1 Å². The molecule has 0 aliphatic rings. The largest absolute Gasteiger partial charge is 0.324 e. The minimum Gasteiger partial charge on any atom is -0.324 e. The lowest BCUT2D eigenvalue weighted by atomic mass is 10.0. The average Bonchev–Trinajstić information content (AvgIpc) is 2.61. The van der Waals surface area contributed by atoms with E-state index in [2.05, 4.69) is 13.0 Å². The second-order valence-corrected chi connectivity index (χ2v) is 5.49. The van der Waals surface area contributed by atoms with Crippen molar-refractivity contribution in [3.63, 3.8) is 0 Å². The van der Waals surface area contributed by atoms with Gasteiger partial charge in [-0.25, -0.2) is 4.39 Å². The molecule has 0 aliphatic heterocycles. The quantitative estimate of drug-likeness (QED) is 0.848. The van der Waals surface area contributed by atoms with Gasteiger partial charge < -0.3 is 5.73 Å². The van der Waals surface area contributed by atoms with Crippen molar-refractivity contribution in [1.29, 1.82) is 0 Å². The van der Waals surface area contributed by atoms with Crippen LogP contribution in [0.15, 0.2) is 24.3 Å². The number of hydrogen-bond donors (Lipinski definition) is 1. The summed E-state index contributed by atoms with van der Waals surface area (Å²) in [6.45, 7) is 5.98. The molecule has 0 saturated carbocycles. The third kappa shape index (κ3) is 2.40. The Bertz CT molecular complexity index is 543. The standard InChI is InChI=1S/C14H16FNS/c1-8-6-11(15)4-5-12(8)14-9(2)7-13(17-14)10(3)16/h4-7,10H,16H2,1-3H3. The molecule has 0 bridgehead atoms. The summed E-state index contributed by atoms with van der Waals surface area (Å²) in [5, 5.41) is 0. The van der Waals surface area contributed by atoms with E-state index in [4.69, 9.17) is 5.73 Å². The number of aryl methyl sites for hydroxylation is 2. The van der Waals surface area contributed by atoms with Gasteiger partial charge in [-0.15, -0.1) is 11.3 Å². The fourth-order valence-electron chi connectivity index (χ4n) is 1.88. The van der Waals surface area contributed by atoms with E-state index in [1.807, 2.05) is 19.9 Å². The van der Waals surface area contributed by atoms with E-state index in [0.717, 1.165) is 11.1 Å². The molecule has 0 fully saturated rings. The van der Waals surface area contributed by atoms with Crippen LogP contribution in [0.5, 0.6) is 0 Å². The van der Waals surface area contributed by atoms with Gasteiger partial charge in [0.25, 0.3) is 0 Å². The van der Waals surface area contributed by atoms with E-state index >= 15 is 0 Å². The Kier molecular flexibility index (Phi) is 3.31. The molecular formula is C14H16FNS. The summed E-state index contributed by atoms with van der Waals surface area (Å²) in [5.41, 5.74) is 9.15. The van der Waals surface area contributed by atoms with Crippen molar-refractivity contribution >= 4 is 11.3 Å². The second-order valence-electron chi connectivity index (χ2n) is 4.41. The molecular weight excluding hydrogens is 233 g/mol. The van der Waals surface area contributed by atoms with Gasteiger partial charge in [-0.1, -0.05) is 6.07 Å². The molecule has 0 aliphatic carbocycles. The zero-order chi connectivity index (χ0) is 12.6. The van der Waals surface area contributed by atoms with Crippen molar-refractivity contribution in [2.24, 2.45) is 5.73 Å². The Labute approximate surface area is 105 Å². The van der Waals surface area contributed by atoms with E-state index in [9.17, 15) is 4.39 Å². The predicted octanol–water partition coefficient (Wildman–Crippen LogP) is 4.19. The molecule has 0 spiro atoms. The van der Waals surface area contributed by atoms with Gasteiger partial charge in [0.2, 0.25) is 0 Å². The van der Waals surface area contributed by atoms with Crippen molar-refractivity contribution in [1.82, 2.24) is 0 Å². The third-order valence-corrected chi connectivity index (χ3v) is 4.29. The van der Waals surface area contributed by atoms with E-state index in [1.54, 1.807) is 17.4 Å². The molecule has 1 heterocycles. The van der Waals surface area contributed by atoms with Crippen LogP contribution in [-0.4, -0.2) is 0 Å². The van der Waals surface area contributed by atoms with Gasteiger partial charge >= 0.3 is 0 Å². The number of thiophene rings is 1. The number of hydrogen-bond acceptors (Lipinski definition) is 2. The molecule has 3 heteroatoms. The minimum atomic E-state index is -0.187. The van der Waals surface area contributed by atoms with Crippen LogP contribution in [0.3, 0.4) is 0 Å². The maximum Gasteiger partial charge on any atom is 0.123 e. The molecule has 1 aromatic heterocycles. The molecule has 1 atom stereocenters. The third-order valence-electron chi connectivity index (χ3n) is 2.82. The Hall–Kier alpha value is -1.19. The molecule has 0 saturated heterocycles. The summed E-state index contributed by atoms with van der Waals surface area (Å²) in [4.78, 5) is 2.36. The van der Waals surface area contributed by atoms with Gasteiger partial charge in [0.1, 0.15) is 5.82 Å². The molecule has 0 radical (unpaired) electrons. The molecule has 1 unspecified atom stereocenters. The predicted molar refractivity (Wildman–Crippen MR) is 71.8 cm³/mol. The van der Waals surface area contributed by atoms with Gasteiger partial charge in [0.15, 0.2) is 0 Å². The topological polar surface area (TPSA) is 26.0 Å². The molecule has 0 amide bonds. The van der Waals surface area contributed by atoms with Crippen molar-refractivity contribution in [2.45, 2.75) is 26.8 Å². The Morgan fingerprint density at radius 1 is 1.18 bits per heavy atom. The molecule has 90 valence electrons. The summed E-state index contributed by atoms with van der Waals surface area (Å²) in [7, 11) is 0. The maximum absolute atomic E-state index is 13.1. The zero-order valence-corrected chi connectivity index (χ0v) is 11.1. The van der Waals surface area contributed by atoms with Crippen LogP contribution >= 0.6 is 11.3 Å². The van der Waals surface area contributed by atoms with Crippen LogP contribution in [0.1, 0.15) is 29.0 Å². The second kappa shape index (κ2) is 4.59. The highest BCUT2D eigenvalue weighted by molar-refractivity contribution is 7.15. The SMILES string of the molecule is Cc1cc(F)ccc1-c1sc(C(C)N)cc1C. The van der Waals surface area contributed by atoms with Crippen LogP contribution in [0.4, 0.5) is 4.39 Å². The monoisotopic (exact) mass is 249 g/mol. The van der Waals surface area contributed by atoms with E-state index in [1.165, 1.54) is 21.4 Å². The van der Waals surface area contributed by atoms with Crippen LogP contribution < -0.4 is 5.73 Å². The molecule has 2 rings (SSSR count). The highest BCUT2D eigenvalue weighted by Crippen LogP contribution is 2.36. The number of halogens is 1. The number of nitrogens with two attached hydrogens (primary N) is 1. The first kappa shape index (κ1) is 12.3. The highest BCUT2D eigenvalue weighted by Gasteiger charge is 2.12. The fourth-order valence-corrected chi connectivity index (χ4v) is 3.10. The zero-order valence-electron chi connectivity index (χ0n) is 10.3. The molecule has 2 N–H and O–H groups in total. The van der Waals surface area contributed by atoms with Gasteiger partial charge in [0.05, 0.1) is 0 Å². The Balaban J connectivity index is 2.52. The first-order valence-electron chi connectivity index (χ1n) is 5.61. The minimum absolute atomic E-state index is 0.0493. The molecule has 2 aromatic rings. The number of rotatable bonds is 2. The summed E-state index contributed by atoms with van der Waals surface area (Å²) in [6.07, 6.45) is 0. The van der Waals surface area contributed by atoms with Crippen molar-refractivity contribution in [2.75, 3.05) is 0 Å². The average molecular weight is 249 g/mol. The Morgan fingerprint density at radius 3 is 2.41 bits per heavy atom. The molecule has 17 heavy (non-hydrogen) atoms. The normalized spacial score (nSPS) is 12.8. The van der Waals surface area contributed by atoms with Gasteiger partial charge in [-0.3, -0.25) is 0 Å². The first-order valence-corrected chi connectivity index (χ1v) is 6.43. The highest BCUT2D eigenvalue weighted by atomic mass is 32.1. The maximum atomic E-state index is 13.1. The van der Waals surface area contributed by atoms with Gasteiger partial charge in [-0.2, -0.15) is 0 Å². The summed E-state index contributed by atoms with van der Waals surface area (Å²) < 4.78 is 13.1. The summed E-state index contributed by atoms with van der Waals surface area (Å²) in [5.74, 6) is -0.187. The lowest BCUT2D eigenvalue weighted by Gasteiger charge is -2.05. The van der Waals surface area contributed by atoms with E-state index in [-0.39, 0.29) is 11.9 Å². The van der Waals surface area contributed by atoms with Gasteiger partial charge in [-0.05, 0) is 55.7 Å². The lowest BCUT2D eigenvalue weighted by Crippen LogP contribution is -2.01. The fraction of sp³-hybridized carbons (Fsp3) is 0.286. The van der Waals surface area contributed by atoms with Crippen LogP contribution in [0, 0.1) is 19.7 Å². The van der Waals surface area contributed by atoms with Crippen LogP contribution in [-0.2, 0) is 0 Å². The van der Waals surface area contributed by atoms with Crippen molar-refractivity contribution < 1.29 is 4.39 Å². The van der Waals surface area contributed by atoms with E-state index in [0.29, 0.717) is 0 Å². The van der Waals surface area contributed by atoms with Crippen LogP contribution in [0.2, 0.25) is 0 Å². The smallest absolute Gasteiger partial charge is 0.123 e. The summed E-state index contributed by atoms with van der Waals surface area (Å²) >= 11 is 1.69. The lowest BCUT2D eigenvalue weighted by molar-refractivity contribution is 0.627. The van der Waals surface area contributed by atoms with Crippen molar-refractivity contribution in [3.8, 4) is 10.4 Å². The summed E-state index contributed by atoms with van der Waals surface area (Å²) in [6, 6.07) is 7.09. The number of benzene rings is 1.